The molecule has 4 aliphatic rings. The first-order valence-electron chi connectivity index (χ1n) is 20.2. The van der Waals surface area contributed by atoms with Crippen LogP contribution in [0.4, 0.5) is 0 Å². The molecule has 0 saturated carbocycles. The number of rotatable bonds is 16. The summed E-state index contributed by atoms with van der Waals surface area (Å²) in [5, 5.41) is 20.6. The number of hydrogen-bond acceptors (Lipinski definition) is 12. The van der Waals surface area contributed by atoms with Crippen LogP contribution in [0.25, 0.3) is 0 Å². The van der Waals surface area contributed by atoms with Crippen molar-refractivity contribution < 1.29 is 4.74 Å². The summed E-state index contributed by atoms with van der Waals surface area (Å²) in [6.07, 6.45) is 6.37. The molecule has 4 heterocycles. The van der Waals surface area contributed by atoms with E-state index in [1.54, 1.807) is 0 Å². The summed E-state index contributed by atoms with van der Waals surface area (Å²) in [4.78, 5) is 12.2. The normalized spacial score (nSPS) is 20.4. The predicted octanol–water partition coefficient (Wildman–Crippen LogP) is 2.07. The molecule has 12 heteroatoms. The van der Waals surface area contributed by atoms with Crippen LogP contribution in [0.5, 0.6) is 0 Å². The predicted molar refractivity (Wildman–Crippen MR) is 220 cm³/mol. The van der Waals surface area contributed by atoms with Gasteiger partial charge in [0.05, 0.1) is 25.6 Å². The van der Waals surface area contributed by atoms with E-state index in [1.165, 1.54) is 67.8 Å². The van der Waals surface area contributed by atoms with Gasteiger partial charge in [-0.25, -0.2) is 0 Å². The maximum Gasteiger partial charge on any atom is 0.0594 e. The van der Waals surface area contributed by atoms with Gasteiger partial charge in [-0.3, -0.25) is 14.9 Å². The molecule has 0 radical (unpaired) electrons. The second-order valence-corrected chi connectivity index (χ2v) is 15.1. The third-order valence-electron chi connectivity index (χ3n) is 10.7. The Kier molecular flexibility index (Phi) is 18.5. The van der Waals surface area contributed by atoms with Crippen LogP contribution >= 0.6 is 0 Å². The number of likely N-dealkylation sites (N-methyl/N-ethyl adjacent to an activating group) is 3. The zero-order valence-corrected chi connectivity index (χ0v) is 33.2. The molecular formula is C41H69N11O. The molecule has 6 rings (SSSR count). The van der Waals surface area contributed by atoms with E-state index in [1.807, 2.05) is 12.4 Å². The molecule has 4 fully saturated rings. The van der Waals surface area contributed by atoms with Gasteiger partial charge in [-0.05, 0) is 82.4 Å². The van der Waals surface area contributed by atoms with E-state index in [0.29, 0.717) is 0 Å². The quantitative estimate of drug-likeness (QED) is 0.198. The van der Waals surface area contributed by atoms with Crippen LogP contribution in [0.15, 0.2) is 58.7 Å². The number of benzene rings is 2. The second kappa shape index (κ2) is 23.8. The molecule has 2 aromatic carbocycles. The van der Waals surface area contributed by atoms with Gasteiger partial charge in [0.2, 0.25) is 0 Å². The van der Waals surface area contributed by atoms with E-state index < -0.39 is 0 Å². The Bertz CT molecular complexity index is 1290. The maximum absolute atomic E-state index is 5.38. The van der Waals surface area contributed by atoms with Crippen LogP contribution in [-0.4, -0.2) is 199 Å². The molecule has 0 spiro atoms. The molecule has 0 atom stereocenters. The van der Waals surface area contributed by atoms with Gasteiger partial charge in [-0.2, -0.15) is 10.2 Å². The lowest BCUT2D eigenvalue weighted by atomic mass is 10.1. The van der Waals surface area contributed by atoms with Crippen molar-refractivity contribution in [2.45, 2.75) is 25.9 Å². The van der Waals surface area contributed by atoms with Crippen LogP contribution in [-0.2, 0) is 17.8 Å². The first-order chi connectivity index (χ1) is 26.0. The van der Waals surface area contributed by atoms with Crippen molar-refractivity contribution in [3.05, 3.63) is 70.8 Å². The molecule has 12 nitrogen and oxygen atoms in total. The van der Waals surface area contributed by atoms with Crippen LogP contribution in [0.3, 0.4) is 0 Å². The van der Waals surface area contributed by atoms with Crippen molar-refractivity contribution in [1.29, 1.82) is 0 Å². The fourth-order valence-corrected chi connectivity index (χ4v) is 6.78. The first kappa shape index (κ1) is 41.2. The van der Waals surface area contributed by atoms with Gasteiger partial charge in [0.15, 0.2) is 0 Å². The van der Waals surface area contributed by atoms with Crippen molar-refractivity contribution in [2.24, 2.45) is 10.2 Å². The number of hydrazone groups is 2. The van der Waals surface area contributed by atoms with Crippen LogP contribution in [0, 0.1) is 0 Å². The topological polar surface area (TPSA) is 80.7 Å². The molecule has 4 saturated heterocycles. The van der Waals surface area contributed by atoms with E-state index in [0.717, 1.165) is 111 Å². The Morgan fingerprint density at radius 2 is 0.887 bits per heavy atom. The van der Waals surface area contributed by atoms with Crippen molar-refractivity contribution in [3.8, 4) is 0 Å². The zero-order valence-electron chi connectivity index (χ0n) is 33.2. The molecular weight excluding hydrogens is 663 g/mol. The summed E-state index contributed by atoms with van der Waals surface area (Å²) in [5.41, 5.74) is 5.01. The van der Waals surface area contributed by atoms with Gasteiger partial charge >= 0.3 is 0 Å². The highest BCUT2D eigenvalue weighted by Crippen LogP contribution is 2.07. The minimum atomic E-state index is 0.887. The molecule has 0 amide bonds. The van der Waals surface area contributed by atoms with Crippen LogP contribution < -0.4 is 10.6 Å². The van der Waals surface area contributed by atoms with Gasteiger partial charge in [0.1, 0.15) is 0 Å². The lowest BCUT2D eigenvalue weighted by Gasteiger charge is -2.32. The molecule has 294 valence electrons. The standard InChI is InChI=1S/C21H36N6.C20H33N5O/c1-24-10-14-26(15-11-24)9-3-8-22-18-20-4-6-21(7-5-20)19-23-27-16-12-25(2)13-17-27;1-23-9-11-25(12-10-23)22-18-20-5-3-19(4-6-20)17-21-7-2-8-24-13-15-26-16-14-24/h4-7,19,22H,3,8-18H2,1-2H3;3-6,18,21H,2,7-17H2,1H3. The largest absolute Gasteiger partial charge is 0.379 e. The molecule has 0 unspecified atom stereocenters. The Morgan fingerprint density at radius 1 is 0.509 bits per heavy atom. The minimum Gasteiger partial charge on any atom is -0.379 e. The molecule has 0 aromatic heterocycles. The first-order valence-corrected chi connectivity index (χ1v) is 20.2. The van der Waals surface area contributed by atoms with E-state index in [2.05, 4.69) is 125 Å². The number of morpholine rings is 1. The molecule has 0 aliphatic carbocycles. The summed E-state index contributed by atoms with van der Waals surface area (Å²) in [7, 11) is 6.54. The third-order valence-corrected chi connectivity index (χ3v) is 10.7. The Morgan fingerprint density at radius 3 is 1.30 bits per heavy atom. The van der Waals surface area contributed by atoms with E-state index >= 15 is 0 Å². The van der Waals surface area contributed by atoms with Crippen molar-refractivity contribution in [1.82, 2.24) is 45.2 Å². The van der Waals surface area contributed by atoms with E-state index in [-0.39, 0.29) is 0 Å². The SMILES string of the molecule is CN1CCN(CCCNCc2ccc(C=NN3CCN(C)CC3)cc2)CC1.CN1CCN(N=Cc2ccc(CNCCCN3CCOCC3)cc2)CC1. The molecule has 4 aliphatic heterocycles. The van der Waals surface area contributed by atoms with Crippen molar-refractivity contribution in [2.75, 3.05) is 152 Å². The lowest BCUT2D eigenvalue weighted by Crippen LogP contribution is -2.45. The zero-order chi connectivity index (χ0) is 36.9. The van der Waals surface area contributed by atoms with Crippen LogP contribution in [0.2, 0.25) is 0 Å². The Labute approximate surface area is 320 Å². The highest BCUT2D eigenvalue weighted by Gasteiger charge is 2.14. The summed E-state index contributed by atoms with van der Waals surface area (Å²) >= 11 is 0. The molecule has 2 N–H and O–H groups in total. The highest BCUT2D eigenvalue weighted by atomic mass is 16.5. The Balaban J connectivity index is 0.000000204. The monoisotopic (exact) mass is 732 g/mol. The molecule has 2 aromatic rings. The highest BCUT2D eigenvalue weighted by molar-refractivity contribution is 5.79. The molecule has 0 bridgehead atoms. The number of nitrogens with one attached hydrogen (secondary N) is 2. The van der Waals surface area contributed by atoms with Crippen molar-refractivity contribution >= 4 is 12.4 Å². The fraction of sp³-hybridized carbons (Fsp3) is 0.659. The third kappa shape index (κ3) is 16.5. The smallest absolute Gasteiger partial charge is 0.0594 e. The van der Waals surface area contributed by atoms with E-state index in [4.69, 9.17) is 4.74 Å². The molecule has 53 heavy (non-hydrogen) atoms. The van der Waals surface area contributed by atoms with E-state index in [9.17, 15) is 0 Å². The number of nitrogens with zero attached hydrogens (tertiary/aromatic N) is 9. The van der Waals surface area contributed by atoms with Crippen molar-refractivity contribution in [3.63, 3.8) is 0 Å². The maximum atomic E-state index is 5.38. The van der Waals surface area contributed by atoms with Gasteiger partial charge in [0, 0.05) is 105 Å². The van der Waals surface area contributed by atoms with Gasteiger partial charge in [-0.1, -0.05) is 48.5 Å². The summed E-state index contributed by atoms with van der Waals surface area (Å²) in [6.45, 7) is 23.6. The van der Waals surface area contributed by atoms with Crippen LogP contribution in [0.1, 0.15) is 35.1 Å². The fourth-order valence-electron chi connectivity index (χ4n) is 6.78. The second-order valence-electron chi connectivity index (χ2n) is 15.1. The van der Waals surface area contributed by atoms with Gasteiger partial charge in [-0.15, -0.1) is 0 Å². The summed E-state index contributed by atoms with van der Waals surface area (Å²) < 4.78 is 5.38. The lowest BCUT2D eigenvalue weighted by molar-refractivity contribution is 0.0374. The summed E-state index contributed by atoms with van der Waals surface area (Å²) in [6, 6.07) is 17.5. The Hall–Kier alpha value is -2.94. The number of piperazine rings is 3. The van der Waals surface area contributed by atoms with Gasteiger partial charge in [0.25, 0.3) is 0 Å². The minimum absolute atomic E-state index is 0.887. The number of ether oxygens (including phenoxy) is 1. The average Bonchev–Trinajstić information content (AvgIpc) is 3.19. The number of hydrogen-bond donors (Lipinski definition) is 2. The van der Waals surface area contributed by atoms with Gasteiger partial charge < -0.3 is 35.0 Å². The summed E-state index contributed by atoms with van der Waals surface area (Å²) in [5.74, 6) is 0. The average molecular weight is 732 g/mol.